The molecule has 0 bridgehead atoms. The largest absolute Gasteiger partial charge is 0.388 e. The highest BCUT2D eigenvalue weighted by Gasteiger charge is 2.25. The van der Waals surface area contributed by atoms with E-state index >= 15 is 0 Å². The number of benzene rings is 2. The predicted molar refractivity (Wildman–Crippen MR) is 122 cm³/mol. The fraction of sp³-hybridized carbons (Fsp3) is 0.571. The van der Waals surface area contributed by atoms with E-state index in [0.717, 1.165) is 43.6 Å². The highest BCUT2D eigenvalue weighted by molar-refractivity contribution is 5.27. The first-order valence-electron chi connectivity index (χ1n) is 12.2. The quantitative estimate of drug-likeness (QED) is 0.515. The Bertz CT molecular complexity index is 765. The van der Waals surface area contributed by atoms with E-state index in [1.54, 1.807) is 12.1 Å². The Morgan fingerprint density at radius 3 is 1.70 bits per heavy atom. The number of rotatable bonds is 6. The lowest BCUT2D eigenvalue weighted by Gasteiger charge is -2.30. The summed E-state index contributed by atoms with van der Waals surface area (Å²) < 4.78 is 13.2. The third-order valence-corrected chi connectivity index (χ3v) is 7.96. The molecule has 162 valence electrons. The van der Waals surface area contributed by atoms with Gasteiger partial charge in [-0.3, -0.25) is 0 Å². The maximum Gasteiger partial charge on any atom is 0.123 e. The third-order valence-electron chi connectivity index (χ3n) is 7.96. The summed E-state index contributed by atoms with van der Waals surface area (Å²) in [6.07, 6.45) is 11.8. The van der Waals surface area contributed by atoms with Gasteiger partial charge in [-0.2, -0.15) is 0 Å². The van der Waals surface area contributed by atoms with E-state index in [4.69, 9.17) is 0 Å². The molecule has 2 aliphatic carbocycles. The average Bonchev–Trinajstić information content (AvgIpc) is 2.80. The first-order chi connectivity index (χ1) is 14.6. The molecule has 0 saturated heterocycles. The molecule has 2 aliphatic rings. The maximum atomic E-state index is 13.2. The second-order valence-corrected chi connectivity index (χ2v) is 9.81. The van der Waals surface area contributed by atoms with Crippen LogP contribution in [0.3, 0.4) is 0 Å². The molecule has 0 spiro atoms. The highest BCUT2D eigenvalue weighted by atomic mass is 19.1. The molecule has 1 unspecified atom stereocenters. The number of hydrogen-bond acceptors (Lipinski definition) is 1. The minimum absolute atomic E-state index is 0.157. The van der Waals surface area contributed by atoms with Gasteiger partial charge < -0.3 is 5.11 Å². The molecule has 1 N–H and O–H groups in total. The molecule has 2 saturated carbocycles. The number of aliphatic hydroxyl groups excluding tert-OH is 1. The zero-order chi connectivity index (χ0) is 20.9. The molecule has 1 nitrogen and oxygen atoms in total. The van der Waals surface area contributed by atoms with Crippen LogP contribution in [0.2, 0.25) is 0 Å². The van der Waals surface area contributed by atoms with Crippen molar-refractivity contribution in [2.24, 2.45) is 11.8 Å². The minimum atomic E-state index is -0.359. The highest BCUT2D eigenvalue weighted by Crippen LogP contribution is 2.40. The molecule has 2 aromatic carbocycles. The van der Waals surface area contributed by atoms with E-state index in [1.165, 1.54) is 43.2 Å². The molecule has 0 radical (unpaired) electrons. The summed E-state index contributed by atoms with van der Waals surface area (Å²) in [5, 5.41) is 10.8. The average molecular weight is 409 g/mol. The Hall–Kier alpha value is -1.67. The topological polar surface area (TPSA) is 20.2 Å². The number of halogens is 1. The van der Waals surface area contributed by atoms with Crippen molar-refractivity contribution >= 4 is 0 Å². The number of hydrogen-bond donors (Lipinski definition) is 1. The second-order valence-electron chi connectivity index (χ2n) is 9.81. The van der Waals surface area contributed by atoms with Gasteiger partial charge in [0.05, 0.1) is 6.10 Å². The van der Waals surface area contributed by atoms with Crippen molar-refractivity contribution in [1.29, 1.82) is 0 Å². The van der Waals surface area contributed by atoms with E-state index in [1.807, 2.05) is 12.1 Å². The van der Waals surface area contributed by atoms with Crippen molar-refractivity contribution in [3.8, 4) is 0 Å². The molecular formula is C28H37FO. The summed E-state index contributed by atoms with van der Waals surface area (Å²) in [6, 6.07) is 15.9. The van der Waals surface area contributed by atoms with Gasteiger partial charge in [-0.15, -0.1) is 0 Å². The zero-order valence-electron chi connectivity index (χ0n) is 18.4. The summed E-state index contributed by atoms with van der Waals surface area (Å²) in [5.74, 6) is 2.61. The van der Waals surface area contributed by atoms with E-state index in [2.05, 4.69) is 31.2 Å². The minimum Gasteiger partial charge on any atom is -0.388 e. The molecule has 2 heteroatoms. The van der Waals surface area contributed by atoms with Crippen LogP contribution >= 0.6 is 0 Å². The van der Waals surface area contributed by atoms with Gasteiger partial charge in [0.1, 0.15) is 5.82 Å². The smallest absolute Gasteiger partial charge is 0.123 e. The summed E-state index contributed by atoms with van der Waals surface area (Å²) in [7, 11) is 0. The Labute approximate surface area is 181 Å². The first-order valence-corrected chi connectivity index (χ1v) is 12.2. The normalized spacial score (nSPS) is 28.2. The molecule has 2 aromatic rings. The lowest BCUT2D eigenvalue weighted by molar-refractivity contribution is 0.128. The van der Waals surface area contributed by atoms with Crippen LogP contribution in [0.15, 0.2) is 48.5 Å². The molecule has 30 heavy (non-hydrogen) atoms. The predicted octanol–water partition coefficient (Wildman–Crippen LogP) is 7.91. The van der Waals surface area contributed by atoms with Crippen molar-refractivity contribution in [2.45, 2.75) is 89.1 Å². The van der Waals surface area contributed by atoms with Gasteiger partial charge in [0, 0.05) is 0 Å². The molecule has 1 atom stereocenters. The second kappa shape index (κ2) is 10.1. The molecular weight excluding hydrogens is 371 g/mol. The Morgan fingerprint density at radius 1 is 0.733 bits per heavy atom. The monoisotopic (exact) mass is 408 g/mol. The zero-order valence-corrected chi connectivity index (χ0v) is 18.4. The van der Waals surface area contributed by atoms with E-state index in [0.29, 0.717) is 17.8 Å². The SMILES string of the molecule is CC[C@H]1CC[C@H](c2ccc(C(O)C[C@H]3CC[C@H](c4ccc(F)cc4)CC3)cc2)CC1. The van der Waals surface area contributed by atoms with Crippen LogP contribution in [0.5, 0.6) is 0 Å². The summed E-state index contributed by atoms with van der Waals surface area (Å²) in [6.45, 7) is 2.32. The van der Waals surface area contributed by atoms with Crippen LogP contribution in [-0.2, 0) is 0 Å². The summed E-state index contributed by atoms with van der Waals surface area (Å²) in [5.41, 5.74) is 3.79. The van der Waals surface area contributed by atoms with E-state index in [-0.39, 0.29) is 11.9 Å². The van der Waals surface area contributed by atoms with Crippen LogP contribution in [0.25, 0.3) is 0 Å². The van der Waals surface area contributed by atoms with Crippen molar-refractivity contribution < 1.29 is 9.50 Å². The Morgan fingerprint density at radius 2 is 1.20 bits per heavy atom. The Balaban J connectivity index is 1.26. The van der Waals surface area contributed by atoms with Gasteiger partial charge in [-0.05, 0) is 110 Å². The van der Waals surface area contributed by atoms with E-state index < -0.39 is 0 Å². The molecule has 0 heterocycles. The van der Waals surface area contributed by atoms with Gasteiger partial charge in [0.15, 0.2) is 0 Å². The van der Waals surface area contributed by atoms with Crippen LogP contribution < -0.4 is 0 Å². The van der Waals surface area contributed by atoms with Crippen LogP contribution in [0.4, 0.5) is 4.39 Å². The standard InChI is InChI=1S/C28H37FO/c1-2-20-3-7-22(8-4-20)24-11-13-26(14-12-24)28(30)19-21-5-9-23(10-6-21)25-15-17-27(29)18-16-25/h11-18,20-23,28,30H,2-10,19H2,1H3/t20-,21-,22-,23-,28?. The molecule has 0 aliphatic heterocycles. The van der Waals surface area contributed by atoms with Gasteiger partial charge in [0.25, 0.3) is 0 Å². The van der Waals surface area contributed by atoms with Gasteiger partial charge in [-0.25, -0.2) is 4.39 Å². The van der Waals surface area contributed by atoms with E-state index in [9.17, 15) is 9.50 Å². The van der Waals surface area contributed by atoms with Gasteiger partial charge in [-0.1, -0.05) is 49.7 Å². The van der Waals surface area contributed by atoms with Gasteiger partial charge in [0.2, 0.25) is 0 Å². The lowest BCUT2D eigenvalue weighted by Crippen LogP contribution is -2.16. The maximum absolute atomic E-state index is 13.2. The number of aliphatic hydroxyl groups is 1. The molecule has 2 fully saturated rings. The van der Waals surface area contributed by atoms with Crippen molar-refractivity contribution in [2.75, 3.05) is 0 Å². The fourth-order valence-corrected chi connectivity index (χ4v) is 5.81. The third kappa shape index (κ3) is 5.32. The van der Waals surface area contributed by atoms with Gasteiger partial charge >= 0.3 is 0 Å². The fourth-order valence-electron chi connectivity index (χ4n) is 5.81. The molecule has 0 amide bonds. The Kier molecular flexibility index (Phi) is 7.25. The summed E-state index contributed by atoms with van der Waals surface area (Å²) in [4.78, 5) is 0. The molecule has 4 rings (SSSR count). The van der Waals surface area contributed by atoms with Crippen molar-refractivity contribution in [3.63, 3.8) is 0 Å². The van der Waals surface area contributed by atoms with Crippen molar-refractivity contribution in [3.05, 3.63) is 71.0 Å². The summed E-state index contributed by atoms with van der Waals surface area (Å²) >= 11 is 0. The van der Waals surface area contributed by atoms with Crippen LogP contribution in [0, 0.1) is 17.7 Å². The first kappa shape index (κ1) is 21.6. The van der Waals surface area contributed by atoms with Crippen LogP contribution in [0.1, 0.15) is 106 Å². The lowest BCUT2D eigenvalue weighted by atomic mass is 9.76. The van der Waals surface area contributed by atoms with Crippen molar-refractivity contribution in [1.82, 2.24) is 0 Å². The van der Waals surface area contributed by atoms with Crippen LogP contribution in [-0.4, -0.2) is 5.11 Å². The molecule has 0 aromatic heterocycles.